The van der Waals surface area contributed by atoms with Crippen molar-refractivity contribution < 1.29 is 14.5 Å². The fraction of sp³-hybridized carbons (Fsp3) is 0.476. The fourth-order valence-electron chi connectivity index (χ4n) is 4.32. The van der Waals surface area contributed by atoms with Gasteiger partial charge in [0.15, 0.2) is 11.5 Å². The van der Waals surface area contributed by atoms with Crippen molar-refractivity contribution in [3.8, 4) is 5.69 Å². The summed E-state index contributed by atoms with van der Waals surface area (Å²) in [5.41, 5.74) is 2.56. The molecule has 1 aromatic heterocycles. The summed E-state index contributed by atoms with van der Waals surface area (Å²) in [5.74, 6) is 0.266. The SMILES string of the molecule is CC(C)(C)C(=O)CNC(=O)c1nn(-c2ccc([N+](=O)[O-])cc2)c2c1C1CCC2C1. The number of Topliss-reactive ketones (excluding diaryl/α,β-unsaturated/α-hetero) is 1. The Bertz CT molecular complexity index is 1000. The Morgan fingerprint density at radius 3 is 2.48 bits per heavy atom. The quantitative estimate of drug-likeness (QED) is 0.615. The number of hydrogen-bond donors (Lipinski definition) is 1. The number of hydrogen-bond acceptors (Lipinski definition) is 5. The van der Waals surface area contributed by atoms with Crippen molar-refractivity contribution >= 4 is 17.4 Å². The zero-order chi connectivity index (χ0) is 20.9. The van der Waals surface area contributed by atoms with Gasteiger partial charge in [0.2, 0.25) is 0 Å². The van der Waals surface area contributed by atoms with Crippen LogP contribution in [0.1, 0.15) is 73.6 Å². The molecule has 0 saturated heterocycles. The number of rotatable bonds is 5. The molecule has 0 radical (unpaired) electrons. The summed E-state index contributed by atoms with van der Waals surface area (Å²) in [6, 6.07) is 6.20. The number of ketones is 1. The monoisotopic (exact) mass is 396 g/mol. The number of carbonyl (C=O) groups excluding carboxylic acids is 2. The van der Waals surface area contributed by atoms with Crippen LogP contribution in [0.15, 0.2) is 24.3 Å². The van der Waals surface area contributed by atoms with Gasteiger partial charge >= 0.3 is 0 Å². The van der Waals surface area contributed by atoms with E-state index >= 15 is 0 Å². The molecule has 2 aromatic rings. The third-order valence-electron chi connectivity index (χ3n) is 5.95. The molecule has 2 atom stereocenters. The summed E-state index contributed by atoms with van der Waals surface area (Å²) in [7, 11) is 0. The molecule has 1 heterocycles. The molecule has 2 unspecified atom stereocenters. The molecule has 8 nitrogen and oxygen atoms in total. The molecule has 1 fully saturated rings. The molecule has 1 saturated carbocycles. The average molecular weight is 396 g/mol. The van der Waals surface area contributed by atoms with E-state index in [1.165, 1.54) is 12.1 Å². The van der Waals surface area contributed by atoms with Crippen LogP contribution in [0.25, 0.3) is 5.69 Å². The van der Waals surface area contributed by atoms with Gasteiger partial charge in [-0.15, -0.1) is 0 Å². The lowest BCUT2D eigenvalue weighted by atomic mass is 9.91. The molecule has 0 aliphatic heterocycles. The van der Waals surface area contributed by atoms with Gasteiger partial charge in [0.1, 0.15) is 0 Å². The molecule has 2 aliphatic rings. The maximum atomic E-state index is 12.9. The van der Waals surface area contributed by atoms with E-state index in [0.29, 0.717) is 23.2 Å². The summed E-state index contributed by atoms with van der Waals surface area (Å²) >= 11 is 0. The van der Waals surface area contributed by atoms with E-state index < -0.39 is 10.3 Å². The van der Waals surface area contributed by atoms with Gasteiger partial charge in [-0.1, -0.05) is 20.8 Å². The second-order valence-electron chi connectivity index (χ2n) is 8.90. The van der Waals surface area contributed by atoms with Crippen LogP contribution in [0, 0.1) is 15.5 Å². The van der Waals surface area contributed by atoms with Crippen LogP contribution in [-0.2, 0) is 4.79 Å². The van der Waals surface area contributed by atoms with Gasteiger partial charge in [0, 0.05) is 29.0 Å². The molecule has 29 heavy (non-hydrogen) atoms. The van der Waals surface area contributed by atoms with Crippen molar-refractivity contribution in [2.45, 2.75) is 51.9 Å². The molecule has 1 aromatic carbocycles. The highest BCUT2D eigenvalue weighted by molar-refractivity contribution is 5.98. The lowest BCUT2D eigenvalue weighted by Gasteiger charge is -2.17. The van der Waals surface area contributed by atoms with Crippen LogP contribution in [-0.4, -0.2) is 32.9 Å². The van der Waals surface area contributed by atoms with Crippen molar-refractivity contribution in [2.24, 2.45) is 5.41 Å². The minimum atomic E-state index is -0.521. The second-order valence-corrected chi connectivity index (χ2v) is 8.90. The number of amides is 1. The standard InChI is InChI=1S/C21H24N4O4/c1-21(2,3)16(26)11-22-20(27)18-17-12-4-5-13(10-12)19(17)24(23-18)14-6-8-15(9-7-14)25(28)29/h6-9,12-13H,4-5,10-11H2,1-3H3,(H,22,27). The van der Waals surface area contributed by atoms with Crippen molar-refractivity contribution in [1.82, 2.24) is 15.1 Å². The average Bonchev–Trinajstić information content (AvgIpc) is 3.37. The third kappa shape index (κ3) is 3.32. The van der Waals surface area contributed by atoms with Gasteiger partial charge < -0.3 is 5.32 Å². The first-order valence-electron chi connectivity index (χ1n) is 9.86. The molecule has 152 valence electrons. The number of benzene rings is 1. The summed E-state index contributed by atoms with van der Waals surface area (Å²) < 4.78 is 1.75. The predicted molar refractivity (Wildman–Crippen MR) is 106 cm³/mol. The number of nitrogens with one attached hydrogen (secondary N) is 1. The summed E-state index contributed by atoms with van der Waals surface area (Å²) in [5, 5.41) is 18.2. The Hall–Kier alpha value is -3.03. The van der Waals surface area contributed by atoms with E-state index in [9.17, 15) is 19.7 Å². The Kier molecular flexibility index (Phi) is 4.52. The number of carbonyl (C=O) groups is 2. The van der Waals surface area contributed by atoms with Crippen LogP contribution in [0.3, 0.4) is 0 Å². The highest BCUT2D eigenvalue weighted by Gasteiger charge is 2.44. The molecular weight excluding hydrogens is 372 g/mol. The molecule has 2 bridgehead atoms. The van der Waals surface area contributed by atoms with Gasteiger partial charge in [0.05, 0.1) is 22.8 Å². The Morgan fingerprint density at radius 1 is 1.21 bits per heavy atom. The zero-order valence-corrected chi connectivity index (χ0v) is 16.8. The van der Waals surface area contributed by atoms with E-state index in [-0.39, 0.29) is 23.9 Å². The highest BCUT2D eigenvalue weighted by Crippen LogP contribution is 2.54. The van der Waals surface area contributed by atoms with E-state index in [1.807, 2.05) is 20.8 Å². The first-order chi connectivity index (χ1) is 13.7. The lowest BCUT2D eigenvalue weighted by Crippen LogP contribution is -2.36. The van der Waals surface area contributed by atoms with E-state index in [4.69, 9.17) is 0 Å². The van der Waals surface area contributed by atoms with E-state index in [0.717, 1.165) is 30.5 Å². The van der Waals surface area contributed by atoms with Gasteiger partial charge in [-0.05, 0) is 37.3 Å². The van der Waals surface area contributed by atoms with Crippen LogP contribution in [0.2, 0.25) is 0 Å². The number of nitrogens with zero attached hydrogens (tertiary/aromatic N) is 3. The smallest absolute Gasteiger partial charge is 0.272 e. The van der Waals surface area contributed by atoms with Gasteiger partial charge in [-0.3, -0.25) is 19.7 Å². The molecule has 1 N–H and O–H groups in total. The number of non-ortho nitro benzene ring substituents is 1. The minimum absolute atomic E-state index is 0.0118. The maximum absolute atomic E-state index is 12.9. The summed E-state index contributed by atoms with van der Waals surface area (Å²) in [4.78, 5) is 35.5. The number of nitro benzene ring substituents is 1. The fourth-order valence-corrected chi connectivity index (χ4v) is 4.32. The van der Waals surface area contributed by atoms with Crippen LogP contribution >= 0.6 is 0 Å². The molecule has 0 spiro atoms. The van der Waals surface area contributed by atoms with E-state index in [2.05, 4.69) is 10.4 Å². The van der Waals surface area contributed by atoms with Crippen molar-refractivity contribution in [3.63, 3.8) is 0 Å². The number of aromatic nitrogens is 2. The zero-order valence-electron chi connectivity index (χ0n) is 16.8. The molecular formula is C21H24N4O4. The molecule has 1 amide bonds. The normalized spacial score (nSPS) is 19.8. The molecule has 4 rings (SSSR count). The molecule has 8 heteroatoms. The topological polar surface area (TPSA) is 107 Å². The molecule has 2 aliphatic carbocycles. The highest BCUT2D eigenvalue weighted by atomic mass is 16.6. The summed E-state index contributed by atoms with van der Waals surface area (Å²) in [6.45, 7) is 5.43. The number of fused-ring (bicyclic) bond motifs is 5. The van der Waals surface area contributed by atoms with Gasteiger partial charge in [0.25, 0.3) is 11.6 Å². The predicted octanol–water partition coefficient (Wildman–Crippen LogP) is 3.49. The number of nitro groups is 1. The largest absolute Gasteiger partial charge is 0.344 e. The first-order valence-corrected chi connectivity index (χ1v) is 9.86. The van der Waals surface area contributed by atoms with Crippen LogP contribution < -0.4 is 5.32 Å². The Morgan fingerprint density at radius 2 is 1.86 bits per heavy atom. The van der Waals surface area contributed by atoms with Crippen LogP contribution in [0.4, 0.5) is 5.69 Å². The third-order valence-corrected chi connectivity index (χ3v) is 5.95. The minimum Gasteiger partial charge on any atom is -0.344 e. The van der Waals surface area contributed by atoms with Gasteiger partial charge in [-0.25, -0.2) is 4.68 Å². The summed E-state index contributed by atoms with van der Waals surface area (Å²) in [6.07, 6.45) is 3.09. The first kappa shape index (κ1) is 19.3. The van der Waals surface area contributed by atoms with E-state index in [1.54, 1.807) is 16.8 Å². The van der Waals surface area contributed by atoms with Crippen molar-refractivity contribution in [3.05, 3.63) is 51.3 Å². The van der Waals surface area contributed by atoms with Gasteiger partial charge in [-0.2, -0.15) is 5.10 Å². The van der Waals surface area contributed by atoms with Crippen LogP contribution in [0.5, 0.6) is 0 Å². The Balaban J connectivity index is 1.67. The maximum Gasteiger partial charge on any atom is 0.272 e. The van der Waals surface area contributed by atoms with Crippen molar-refractivity contribution in [1.29, 1.82) is 0 Å². The lowest BCUT2D eigenvalue weighted by molar-refractivity contribution is -0.384. The second kappa shape index (κ2) is 6.79. The Labute approximate surface area is 168 Å². The van der Waals surface area contributed by atoms with Crippen molar-refractivity contribution in [2.75, 3.05) is 6.54 Å².